The molecule has 6 N–H and O–H groups in total. The predicted molar refractivity (Wildman–Crippen MR) is 112 cm³/mol. The number of aliphatic hydroxyl groups excluding tert-OH is 4. The average Bonchev–Trinajstić information content (AvgIpc) is 2.79. The SMILES string of the molecule is COc1c(O[C@@H]2O[C@H](CO)[C@@H](O)[C@H](O)[C@H]2O)cc2oc(-c3ccccc3O)cc(=O)c2c1O. The number of aromatic hydroxyl groups is 2. The summed E-state index contributed by atoms with van der Waals surface area (Å²) in [5.41, 5.74) is -0.508. The molecular formula is C22H22O11. The highest BCUT2D eigenvalue weighted by atomic mass is 16.7. The molecule has 33 heavy (non-hydrogen) atoms. The van der Waals surface area contributed by atoms with Crippen LogP contribution in [0.2, 0.25) is 0 Å². The topological polar surface area (TPSA) is 179 Å². The van der Waals surface area contributed by atoms with Gasteiger partial charge >= 0.3 is 0 Å². The van der Waals surface area contributed by atoms with Gasteiger partial charge in [0.05, 0.1) is 19.3 Å². The van der Waals surface area contributed by atoms with E-state index in [1.165, 1.54) is 25.3 Å². The normalized spacial score (nSPS) is 25.2. The van der Waals surface area contributed by atoms with Crippen molar-refractivity contribution in [2.75, 3.05) is 13.7 Å². The fourth-order valence-electron chi connectivity index (χ4n) is 3.65. The summed E-state index contributed by atoms with van der Waals surface area (Å²) >= 11 is 0. The van der Waals surface area contributed by atoms with Gasteiger partial charge in [-0.2, -0.15) is 0 Å². The molecule has 176 valence electrons. The lowest BCUT2D eigenvalue weighted by Crippen LogP contribution is -2.60. The summed E-state index contributed by atoms with van der Waals surface area (Å²) in [6.45, 7) is -0.663. The van der Waals surface area contributed by atoms with Crippen LogP contribution in [0, 0.1) is 0 Å². The average molecular weight is 462 g/mol. The first-order chi connectivity index (χ1) is 15.8. The number of hydrogen-bond acceptors (Lipinski definition) is 11. The van der Waals surface area contributed by atoms with Crippen molar-refractivity contribution in [1.29, 1.82) is 0 Å². The molecule has 1 saturated heterocycles. The van der Waals surface area contributed by atoms with Crippen molar-refractivity contribution in [2.45, 2.75) is 30.7 Å². The Morgan fingerprint density at radius 1 is 1.03 bits per heavy atom. The molecule has 0 spiro atoms. The number of phenols is 2. The number of benzene rings is 2. The number of methoxy groups -OCH3 is 1. The molecule has 0 saturated carbocycles. The summed E-state index contributed by atoms with van der Waals surface area (Å²) < 4.78 is 21.8. The summed E-state index contributed by atoms with van der Waals surface area (Å²) in [4.78, 5) is 12.7. The van der Waals surface area contributed by atoms with Crippen LogP contribution in [-0.4, -0.2) is 75.1 Å². The largest absolute Gasteiger partial charge is 0.507 e. The molecule has 11 nitrogen and oxygen atoms in total. The van der Waals surface area contributed by atoms with Crippen LogP contribution in [0.25, 0.3) is 22.3 Å². The second-order valence-electron chi connectivity index (χ2n) is 7.44. The van der Waals surface area contributed by atoms with E-state index >= 15 is 0 Å². The van der Waals surface area contributed by atoms with E-state index in [4.69, 9.17) is 18.6 Å². The molecular weight excluding hydrogens is 440 g/mol. The summed E-state index contributed by atoms with van der Waals surface area (Å²) in [6, 6.07) is 8.50. The Morgan fingerprint density at radius 3 is 2.42 bits per heavy atom. The molecule has 1 aromatic heterocycles. The quantitative estimate of drug-likeness (QED) is 0.302. The Bertz CT molecular complexity index is 1220. The van der Waals surface area contributed by atoms with Crippen LogP contribution in [0.4, 0.5) is 0 Å². The van der Waals surface area contributed by atoms with Crippen LogP contribution in [0.5, 0.6) is 23.0 Å². The van der Waals surface area contributed by atoms with Crippen LogP contribution in [0.3, 0.4) is 0 Å². The zero-order chi connectivity index (χ0) is 23.9. The van der Waals surface area contributed by atoms with Gasteiger partial charge in [-0.25, -0.2) is 0 Å². The van der Waals surface area contributed by atoms with Gasteiger partial charge in [0.15, 0.2) is 16.9 Å². The molecule has 0 amide bonds. The highest BCUT2D eigenvalue weighted by molar-refractivity contribution is 5.89. The van der Waals surface area contributed by atoms with Crippen LogP contribution >= 0.6 is 0 Å². The first-order valence-corrected chi connectivity index (χ1v) is 9.90. The van der Waals surface area contributed by atoms with E-state index in [1.807, 2.05) is 0 Å². The molecule has 0 aliphatic carbocycles. The number of para-hydroxylation sites is 1. The van der Waals surface area contributed by atoms with Gasteiger partial charge in [-0.3, -0.25) is 4.79 Å². The Balaban J connectivity index is 1.81. The summed E-state index contributed by atoms with van der Waals surface area (Å²) in [5.74, 6) is -1.21. The molecule has 11 heteroatoms. The first-order valence-electron chi connectivity index (χ1n) is 9.90. The van der Waals surface area contributed by atoms with Gasteiger partial charge in [0.25, 0.3) is 0 Å². The third-order valence-corrected chi connectivity index (χ3v) is 5.38. The highest BCUT2D eigenvalue weighted by Crippen LogP contribution is 2.43. The van der Waals surface area contributed by atoms with E-state index in [2.05, 4.69) is 0 Å². The number of ether oxygens (including phenoxy) is 3. The van der Waals surface area contributed by atoms with Gasteiger partial charge in [0, 0.05) is 12.1 Å². The second-order valence-corrected chi connectivity index (χ2v) is 7.44. The van der Waals surface area contributed by atoms with Crippen LogP contribution in [0.1, 0.15) is 0 Å². The maximum absolute atomic E-state index is 12.7. The second kappa shape index (κ2) is 8.89. The molecule has 5 atom stereocenters. The molecule has 0 radical (unpaired) electrons. The van der Waals surface area contributed by atoms with Crippen LogP contribution in [-0.2, 0) is 4.74 Å². The number of phenolic OH excluding ortho intramolecular Hbond substituents is 2. The molecule has 1 aliphatic rings. The third-order valence-electron chi connectivity index (χ3n) is 5.38. The zero-order valence-corrected chi connectivity index (χ0v) is 17.3. The van der Waals surface area contributed by atoms with E-state index in [9.17, 15) is 35.4 Å². The fraction of sp³-hybridized carbons (Fsp3) is 0.318. The molecule has 4 rings (SSSR count). The highest BCUT2D eigenvalue weighted by Gasteiger charge is 2.45. The van der Waals surface area contributed by atoms with Crippen molar-refractivity contribution in [3.63, 3.8) is 0 Å². The molecule has 2 aromatic carbocycles. The number of aliphatic hydroxyl groups is 4. The number of rotatable bonds is 5. The van der Waals surface area contributed by atoms with E-state index in [0.29, 0.717) is 0 Å². The first kappa shape index (κ1) is 22.8. The lowest BCUT2D eigenvalue weighted by Gasteiger charge is -2.39. The van der Waals surface area contributed by atoms with Gasteiger partial charge in [-0.15, -0.1) is 0 Å². The van der Waals surface area contributed by atoms with E-state index in [1.54, 1.807) is 12.1 Å². The molecule has 3 aromatic rings. The van der Waals surface area contributed by atoms with Gasteiger partial charge in [0.1, 0.15) is 46.9 Å². The van der Waals surface area contributed by atoms with Gasteiger partial charge in [-0.05, 0) is 12.1 Å². The number of fused-ring (bicyclic) bond motifs is 1. The monoisotopic (exact) mass is 462 g/mol. The minimum absolute atomic E-state index is 0.0222. The fourth-order valence-corrected chi connectivity index (χ4v) is 3.65. The maximum Gasteiger partial charge on any atom is 0.229 e. The molecule has 0 bridgehead atoms. The standard InChI is InChI=1S/C22H22O11/c1-30-21-14(32-22-20(29)19(28)17(26)15(8-23)33-22)7-13-16(18(21)27)11(25)6-12(31-13)9-4-2-3-5-10(9)24/h2-7,15,17,19-20,22-24,26-29H,8H2,1H3/t15-,17-,19+,20-,22-/m1/s1. The van der Waals surface area contributed by atoms with Crippen LogP contribution < -0.4 is 14.9 Å². The lowest BCUT2D eigenvalue weighted by atomic mass is 9.99. The van der Waals surface area contributed by atoms with E-state index in [-0.39, 0.29) is 39.5 Å². The molecule has 0 unspecified atom stereocenters. The third kappa shape index (κ3) is 3.96. The molecule has 2 heterocycles. The predicted octanol–water partition coefficient (Wildman–Crippen LogP) is 0.0585. The summed E-state index contributed by atoms with van der Waals surface area (Å²) in [7, 11) is 1.21. The van der Waals surface area contributed by atoms with Crippen molar-refractivity contribution in [3.05, 3.63) is 46.6 Å². The molecule has 1 aliphatic heterocycles. The van der Waals surface area contributed by atoms with Crippen LogP contribution in [0.15, 0.2) is 45.6 Å². The lowest BCUT2D eigenvalue weighted by molar-refractivity contribution is -0.277. The minimum Gasteiger partial charge on any atom is -0.507 e. The van der Waals surface area contributed by atoms with Gasteiger partial charge in [-0.1, -0.05) is 12.1 Å². The molecule has 1 fully saturated rings. The van der Waals surface area contributed by atoms with Gasteiger partial charge in [0.2, 0.25) is 12.0 Å². The van der Waals surface area contributed by atoms with Crippen molar-refractivity contribution in [1.82, 2.24) is 0 Å². The van der Waals surface area contributed by atoms with Crippen molar-refractivity contribution < 1.29 is 49.3 Å². The zero-order valence-electron chi connectivity index (χ0n) is 17.3. The maximum atomic E-state index is 12.7. The smallest absolute Gasteiger partial charge is 0.229 e. The van der Waals surface area contributed by atoms with Crippen molar-refractivity contribution in [2.24, 2.45) is 0 Å². The van der Waals surface area contributed by atoms with E-state index < -0.39 is 48.5 Å². The Kier molecular flexibility index (Phi) is 6.15. The minimum atomic E-state index is -1.72. The Morgan fingerprint density at radius 2 is 1.76 bits per heavy atom. The van der Waals surface area contributed by atoms with E-state index in [0.717, 1.165) is 6.07 Å². The Hall–Kier alpha value is -3.35. The van der Waals surface area contributed by atoms with Crippen molar-refractivity contribution >= 4 is 11.0 Å². The summed E-state index contributed by atoms with van der Waals surface area (Å²) in [6.07, 6.45) is -7.79. The number of hydrogen-bond donors (Lipinski definition) is 6. The van der Waals surface area contributed by atoms with Crippen molar-refractivity contribution in [3.8, 4) is 34.3 Å². The summed E-state index contributed by atoms with van der Waals surface area (Å²) in [5, 5.41) is 60.1. The Labute approximate surface area is 186 Å². The van der Waals surface area contributed by atoms with Gasteiger partial charge < -0.3 is 49.3 Å².